The van der Waals surface area contributed by atoms with Crippen LogP contribution in [0.25, 0.3) is 0 Å². The molecule has 0 heterocycles. The van der Waals surface area contributed by atoms with Crippen molar-refractivity contribution >= 4 is 23.9 Å². The Morgan fingerprint density at radius 3 is 2.23 bits per heavy atom. The van der Waals surface area contributed by atoms with Crippen molar-refractivity contribution in [3.63, 3.8) is 0 Å². The summed E-state index contributed by atoms with van der Waals surface area (Å²) in [6.07, 6.45) is 1.32. The highest BCUT2D eigenvalue weighted by molar-refractivity contribution is 5.76. The van der Waals surface area contributed by atoms with Crippen LogP contribution in [0.15, 0.2) is 18.2 Å². The maximum absolute atomic E-state index is 12.1. The van der Waals surface area contributed by atoms with E-state index in [0.29, 0.717) is 17.9 Å². The molecule has 0 saturated carbocycles. The van der Waals surface area contributed by atoms with Crippen LogP contribution in [0, 0.1) is 5.92 Å². The van der Waals surface area contributed by atoms with Crippen LogP contribution in [-0.4, -0.2) is 50.2 Å². The molecule has 0 spiro atoms. The quantitative estimate of drug-likeness (QED) is 0.298. The largest absolute Gasteiger partial charge is 0.468 e. The first kappa shape index (κ1) is 26.1. The molecule has 9 heteroatoms. The number of ether oxygens (including phenoxy) is 4. The lowest BCUT2D eigenvalue weighted by molar-refractivity contribution is -0.144. The number of esters is 4. The second-order valence-electron chi connectivity index (χ2n) is 7.36. The number of benzene rings is 1. The van der Waals surface area contributed by atoms with Crippen molar-refractivity contribution in [3.8, 4) is 11.5 Å². The summed E-state index contributed by atoms with van der Waals surface area (Å²) in [6.45, 7) is 6.90. The van der Waals surface area contributed by atoms with Gasteiger partial charge in [0.25, 0.3) is 0 Å². The predicted octanol–water partition coefficient (Wildman–Crippen LogP) is 2.19. The van der Waals surface area contributed by atoms with Crippen LogP contribution in [-0.2, 0) is 35.1 Å². The highest BCUT2D eigenvalue weighted by Crippen LogP contribution is 2.29. The second-order valence-corrected chi connectivity index (χ2v) is 7.36. The minimum atomic E-state index is -0.718. The lowest BCUT2D eigenvalue weighted by Gasteiger charge is -2.18. The van der Waals surface area contributed by atoms with E-state index in [1.807, 2.05) is 13.8 Å². The van der Waals surface area contributed by atoms with Gasteiger partial charge in [0.1, 0.15) is 12.6 Å². The minimum absolute atomic E-state index is 0.0721. The molecule has 172 valence electrons. The standard InChI is InChI=1S/C22H31NO8/c1-14(2)6-9-21(26)29-11-10-23-18(22(27)28-5)12-17-7-8-19(30-15(3)24)20(13-17)31-16(4)25/h7-8,13-14,18,23H,6,9-12H2,1-5H3/t18-/m0/s1. The maximum Gasteiger partial charge on any atom is 0.323 e. The Labute approximate surface area is 182 Å². The van der Waals surface area contributed by atoms with Gasteiger partial charge in [0, 0.05) is 26.8 Å². The van der Waals surface area contributed by atoms with E-state index >= 15 is 0 Å². The smallest absolute Gasteiger partial charge is 0.323 e. The van der Waals surface area contributed by atoms with E-state index in [0.717, 1.165) is 6.42 Å². The third-order valence-electron chi connectivity index (χ3n) is 4.12. The minimum Gasteiger partial charge on any atom is -0.468 e. The molecule has 0 unspecified atom stereocenters. The topological polar surface area (TPSA) is 117 Å². The Balaban J connectivity index is 2.76. The number of carbonyl (C=O) groups is 4. The summed E-state index contributed by atoms with van der Waals surface area (Å²) in [5.74, 6) is -1.32. The fourth-order valence-electron chi connectivity index (χ4n) is 2.65. The van der Waals surface area contributed by atoms with Gasteiger partial charge in [-0.25, -0.2) is 0 Å². The van der Waals surface area contributed by atoms with E-state index in [4.69, 9.17) is 18.9 Å². The van der Waals surface area contributed by atoms with Crippen LogP contribution in [0.3, 0.4) is 0 Å². The number of nitrogens with one attached hydrogen (secondary N) is 1. The summed E-state index contributed by atoms with van der Waals surface area (Å²) in [6, 6.07) is 3.93. The van der Waals surface area contributed by atoms with Gasteiger partial charge in [0.2, 0.25) is 0 Å². The van der Waals surface area contributed by atoms with Crippen molar-refractivity contribution in [1.29, 1.82) is 0 Å². The molecular formula is C22H31NO8. The van der Waals surface area contributed by atoms with E-state index in [2.05, 4.69) is 5.32 Å². The maximum atomic E-state index is 12.1. The van der Waals surface area contributed by atoms with Crippen molar-refractivity contribution < 1.29 is 38.1 Å². The first-order valence-electron chi connectivity index (χ1n) is 10.1. The third-order valence-corrected chi connectivity index (χ3v) is 4.12. The van der Waals surface area contributed by atoms with Gasteiger partial charge in [0.15, 0.2) is 11.5 Å². The van der Waals surface area contributed by atoms with Gasteiger partial charge < -0.3 is 24.3 Å². The lowest BCUT2D eigenvalue weighted by atomic mass is 10.1. The van der Waals surface area contributed by atoms with Gasteiger partial charge in [-0.1, -0.05) is 19.9 Å². The fourth-order valence-corrected chi connectivity index (χ4v) is 2.65. The van der Waals surface area contributed by atoms with Crippen molar-refractivity contribution in [2.24, 2.45) is 5.92 Å². The Morgan fingerprint density at radius 1 is 1.00 bits per heavy atom. The molecule has 0 aliphatic heterocycles. The molecule has 1 N–H and O–H groups in total. The van der Waals surface area contributed by atoms with Crippen LogP contribution in [0.1, 0.15) is 46.1 Å². The van der Waals surface area contributed by atoms with E-state index < -0.39 is 23.9 Å². The van der Waals surface area contributed by atoms with Crippen molar-refractivity contribution in [2.75, 3.05) is 20.3 Å². The van der Waals surface area contributed by atoms with Crippen LogP contribution in [0.5, 0.6) is 11.5 Å². The fraction of sp³-hybridized carbons (Fsp3) is 0.545. The molecule has 0 aliphatic carbocycles. The van der Waals surface area contributed by atoms with Gasteiger partial charge in [0.05, 0.1) is 7.11 Å². The Morgan fingerprint density at radius 2 is 1.65 bits per heavy atom. The number of rotatable bonds is 12. The van der Waals surface area contributed by atoms with Crippen LogP contribution < -0.4 is 14.8 Å². The molecule has 1 atom stereocenters. The van der Waals surface area contributed by atoms with E-state index in [1.54, 1.807) is 6.07 Å². The molecule has 0 aliphatic rings. The molecule has 9 nitrogen and oxygen atoms in total. The molecule has 0 radical (unpaired) electrons. The summed E-state index contributed by atoms with van der Waals surface area (Å²) < 4.78 is 20.1. The molecule has 0 saturated heterocycles. The highest BCUT2D eigenvalue weighted by atomic mass is 16.6. The van der Waals surface area contributed by atoms with Crippen LogP contribution in [0.4, 0.5) is 0 Å². The number of hydrogen-bond donors (Lipinski definition) is 1. The van der Waals surface area contributed by atoms with Gasteiger partial charge in [-0.3, -0.25) is 19.2 Å². The predicted molar refractivity (Wildman–Crippen MR) is 112 cm³/mol. The van der Waals surface area contributed by atoms with Crippen LogP contribution >= 0.6 is 0 Å². The van der Waals surface area contributed by atoms with E-state index in [9.17, 15) is 19.2 Å². The normalized spacial score (nSPS) is 11.5. The zero-order valence-corrected chi connectivity index (χ0v) is 18.7. The van der Waals surface area contributed by atoms with Crippen molar-refractivity contribution in [1.82, 2.24) is 5.32 Å². The van der Waals surface area contributed by atoms with Gasteiger partial charge >= 0.3 is 23.9 Å². The molecule has 0 bridgehead atoms. The molecule has 0 aromatic heterocycles. The average molecular weight is 437 g/mol. The zero-order chi connectivity index (χ0) is 23.4. The number of carbonyl (C=O) groups excluding carboxylic acids is 4. The molecule has 0 amide bonds. The summed E-state index contributed by atoms with van der Waals surface area (Å²) >= 11 is 0. The van der Waals surface area contributed by atoms with Gasteiger partial charge in [-0.15, -0.1) is 0 Å². The first-order chi connectivity index (χ1) is 14.6. The summed E-state index contributed by atoms with van der Waals surface area (Å²) in [7, 11) is 1.27. The van der Waals surface area contributed by atoms with Crippen LogP contribution in [0.2, 0.25) is 0 Å². The second kappa shape index (κ2) is 13.4. The Hall–Kier alpha value is -2.94. The van der Waals surface area contributed by atoms with Gasteiger partial charge in [-0.2, -0.15) is 0 Å². The van der Waals surface area contributed by atoms with Gasteiger partial charge in [-0.05, 0) is 36.5 Å². The van der Waals surface area contributed by atoms with E-state index in [-0.39, 0.29) is 37.0 Å². The van der Waals surface area contributed by atoms with Crippen molar-refractivity contribution in [2.45, 2.75) is 53.0 Å². The monoisotopic (exact) mass is 437 g/mol. The SMILES string of the molecule is COC(=O)[C@H](Cc1ccc(OC(C)=O)c(OC(C)=O)c1)NCCOC(=O)CCC(C)C. The molecule has 0 fully saturated rings. The highest BCUT2D eigenvalue weighted by Gasteiger charge is 2.21. The molecule has 31 heavy (non-hydrogen) atoms. The summed E-state index contributed by atoms with van der Waals surface area (Å²) in [5.41, 5.74) is 0.643. The number of hydrogen-bond acceptors (Lipinski definition) is 9. The Kier molecular flexibility index (Phi) is 11.3. The van der Waals surface area contributed by atoms with Crippen molar-refractivity contribution in [3.05, 3.63) is 23.8 Å². The zero-order valence-electron chi connectivity index (χ0n) is 18.7. The summed E-state index contributed by atoms with van der Waals surface area (Å²) in [4.78, 5) is 46.4. The average Bonchev–Trinajstić information content (AvgIpc) is 2.69. The van der Waals surface area contributed by atoms with E-state index in [1.165, 1.54) is 33.1 Å². The first-order valence-corrected chi connectivity index (χ1v) is 10.1. The third kappa shape index (κ3) is 10.6. The number of methoxy groups -OCH3 is 1. The molecule has 1 aromatic rings. The summed E-state index contributed by atoms with van der Waals surface area (Å²) in [5, 5.41) is 3.00. The molecule has 1 aromatic carbocycles. The lowest BCUT2D eigenvalue weighted by Crippen LogP contribution is -2.41. The Bertz CT molecular complexity index is 775. The molecule has 1 rings (SSSR count). The molecular weight excluding hydrogens is 406 g/mol.